The molecule has 2 nitrogen and oxygen atoms in total. The van der Waals surface area contributed by atoms with Crippen LogP contribution in [0.3, 0.4) is 0 Å². The van der Waals surface area contributed by atoms with E-state index in [4.69, 9.17) is 10.5 Å². The van der Waals surface area contributed by atoms with E-state index in [-0.39, 0.29) is 11.9 Å². The summed E-state index contributed by atoms with van der Waals surface area (Å²) < 4.78 is 19.6. The van der Waals surface area contributed by atoms with Crippen molar-refractivity contribution in [2.75, 3.05) is 6.54 Å². The Morgan fingerprint density at radius 2 is 1.89 bits per heavy atom. The van der Waals surface area contributed by atoms with Gasteiger partial charge in [0, 0.05) is 24.1 Å². The minimum atomic E-state index is -0.231. The molecule has 1 aliphatic heterocycles. The van der Waals surface area contributed by atoms with Gasteiger partial charge in [-0.1, -0.05) is 36.4 Å². The summed E-state index contributed by atoms with van der Waals surface area (Å²) in [6, 6.07) is 12.6. The first-order valence-corrected chi connectivity index (χ1v) is 6.03. The Hall–Kier alpha value is -1.87. The number of nitrogens with two attached hydrogens (primary N) is 1. The molecule has 0 bridgehead atoms. The highest BCUT2D eigenvalue weighted by Crippen LogP contribution is 2.39. The molecule has 0 saturated carbocycles. The molecule has 1 heterocycles. The molecule has 3 rings (SSSR count). The van der Waals surface area contributed by atoms with Gasteiger partial charge in [-0.25, -0.2) is 4.39 Å². The van der Waals surface area contributed by atoms with Crippen LogP contribution in [-0.4, -0.2) is 12.6 Å². The predicted octanol–water partition coefficient (Wildman–Crippen LogP) is 2.75. The van der Waals surface area contributed by atoms with Gasteiger partial charge in [-0.05, 0) is 11.6 Å². The first-order chi connectivity index (χ1) is 8.79. The third-order valence-corrected chi connectivity index (χ3v) is 3.26. The van der Waals surface area contributed by atoms with Crippen molar-refractivity contribution < 1.29 is 9.13 Å². The minimum Gasteiger partial charge on any atom is -0.488 e. The second kappa shape index (κ2) is 4.42. The normalized spacial score (nSPS) is 17.3. The maximum atomic E-state index is 13.8. The molecule has 1 aliphatic rings. The van der Waals surface area contributed by atoms with Crippen molar-refractivity contribution in [2.45, 2.75) is 12.5 Å². The Kier molecular flexibility index (Phi) is 2.76. The van der Waals surface area contributed by atoms with Crippen LogP contribution in [0.2, 0.25) is 0 Å². The fourth-order valence-electron chi connectivity index (χ4n) is 2.36. The van der Waals surface area contributed by atoms with Gasteiger partial charge in [-0.2, -0.15) is 0 Å². The first kappa shape index (κ1) is 11.2. The molecule has 3 heteroatoms. The van der Waals surface area contributed by atoms with E-state index in [1.165, 1.54) is 6.07 Å². The van der Waals surface area contributed by atoms with Crippen LogP contribution in [-0.2, 0) is 6.42 Å². The summed E-state index contributed by atoms with van der Waals surface area (Å²) in [4.78, 5) is 0. The Bertz CT molecular complexity index is 582. The van der Waals surface area contributed by atoms with E-state index in [2.05, 4.69) is 0 Å². The number of halogens is 1. The number of hydrogen-bond acceptors (Lipinski definition) is 2. The number of ether oxygens (including phenoxy) is 1. The van der Waals surface area contributed by atoms with Gasteiger partial charge in [-0.3, -0.25) is 0 Å². The van der Waals surface area contributed by atoms with Crippen LogP contribution in [0.15, 0.2) is 42.5 Å². The van der Waals surface area contributed by atoms with Crippen LogP contribution < -0.4 is 10.5 Å². The maximum Gasteiger partial charge on any atom is 0.131 e. The average Bonchev–Trinajstić information content (AvgIpc) is 2.82. The Morgan fingerprint density at radius 3 is 2.67 bits per heavy atom. The highest BCUT2D eigenvalue weighted by atomic mass is 19.1. The van der Waals surface area contributed by atoms with E-state index in [0.717, 1.165) is 23.3 Å². The zero-order valence-electron chi connectivity index (χ0n) is 9.90. The lowest BCUT2D eigenvalue weighted by Crippen LogP contribution is -2.24. The van der Waals surface area contributed by atoms with Gasteiger partial charge >= 0.3 is 0 Å². The van der Waals surface area contributed by atoms with Gasteiger partial charge in [-0.15, -0.1) is 0 Å². The van der Waals surface area contributed by atoms with Crippen molar-refractivity contribution in [3.05, 3.63) is 53.8 Å². The number of fused-ring (bicyclic) bond motifs is 1. The van der Waals surface area contributed by atoms with E-state index in [0.29, 0.717) is 12.1 Å². The van der Waals surface area contributed by atoms with E-state index in [1.54, 1.807) is 12.1 Å². The number of para-hydroxylation sites is 1. The van der Waals surface area contributed by atoms with Crippen molar-refractivity contribution in [1.29, 1.82) is 0 Å². The van der Waals surface area contributed by atoms with Crippen molar-refractivity contribution in [3.8, 4) is 16.9 Å². The zero-order valence-corrected chi connectivity index (χ0v) is 9.90. The van der Waals surface area contributed by atoms with Crippen LogP contribution in [0.25, 0.3) is 11.1 Å². The summed E-state index contributed by atoms with van der Waals surface area (Å²) in [6.07, 6.45) is 0.807. The summed E-state index contributed by atoms with van der Waals surface area (Å²) in [5.41, 5.74) is 8.12. The molecular formula is C15H14FNO. The van der Waals surface area contributed by atoms with Crippen molar-refractivity contribution in [2.24, 2.45) is 5.73 Å². The lowest BCUT2D eigenvalue weighted by atomic mass is 10.0. The van der Waals surface area contributed by atoms with Gasteiger partial charge in [0.15, 0.2) is 0 Å². The zero-order chi connectivity index (χ0) is 12.5. The first-order valence-electron chi connectivity index (χ1n) is 6.03. The molecule has 2 N–H and O–H groups in total. The van der Waals surface area contributed by atoms with Crippen molar-refractivity contribution in [1.82, 2.24) is 0 Å². The number of rotatable bonds is 2. The maximum absolute atomic E-state index is 13.8. The van der Waals surface area contributed by atoms with E-state index < -0.39 is 0 Å². The molecule has 2 aromatic rings. The SMILES string of the molecule is NCC1Cc2cccc(-c3ccccc3F)c2O1. The van der Waals surface area contributed by atoms with Crippen LogP contribution >= 0.6 is 0 Å². The summed E-state index contributed by atoms with van der Waals surface area (Å²) in [5.74, 6) is 0.545. The molecular weight excluding hydrogens is 229 g/mol. The Morgan fingerprint density at radius 1 is 1.11 bits per heavy atom. The molecule has 0 saturated heterocycles. The third kappa shape index (κ3) is 1.77. The van der Waals surface area contributed by atoms with Crippen LogP contribution in [0, 0.1) is 5.82 Å². The van der Waals surface area contributed by atoms with Crippen LogP contribution in [0.4, 0.5) is 4.39 Å². The molecule has 0 aromatic heterocycles. The van der Waals surface area contributed by atoms with Gasteiger partial charge in [0.1, 0.15) is 17.7 Å². The standard InChI is InChI=1S/C15H14FNO/c16-14-7-2-1-5-12(14)13-6-3-4-10-8-11(9-17)18-15(10)13/h1-7,11H,8-9,17H2. The second-order valence-corrected chi connectivity index (χ2v) is 4.45. The van der Waals surface area contributed by atoms with Gasteiger partial charge in [0.05, 0.1) is 0 Å². The monoisotopic (exact) mass is 243 g/mol. The van der Waals surface area contributed by atoms with E-state index in [1.807, 2.05) is 24.3 Å². The Balaban J connectivity index is 2.11. The molecule has 1 atom stereocenters. The summed E-state index contributed by atoms with van der Waals surface area (Å²) in [5, 5.41) is 0. The average molecular weight is 243 g/mol. The van der Waals surface area contributed by atoms with Crippen molar-refractivity contribution in [3.63, 3.8) is 0 Å². The molecule has 0 spiro atoms. The Labute approximate surface area is 105 Å². The molecule has 0 aliphatic carbocycles. The molecule has 1 unspecified atom stereocenters. The van der Waals surface area contributed by atoms with E-state index in [9.17, 15) is 4.39 Å². The van der Waals surface area contributed by atoms with Crippen LogP contribution in [0.1, 0.15) is 5.56 Å². The molecule has 0 radical (unpaired) electrons. The predicted molar refractivity (Wildman–Crippen MR) is 69.0 cm³/mol. The third-order valence-electron chi connectivity index (χ3n) is 3.26. The van der Waals surface area contributed by atoms with Gasteiger partial charge in [0.25, 0.3) is 0 Å². The summed E-state index contributed by atoms with van der Waals surface area (Å²) in [6.45, 7) is 0.478. The summed E-state index contributed by atoms with van der Waals surface area (Å²) >= 11 is 0. The summed E-state index contributed by atoms with van der Waals surface area (Å²) in [7, 11) is 0. The number of hydrogen-bond donors (Lipinski definition) is 1. The molecule has 0 amide bonds. The van der Waals surface area contributed by atoms with Crippen LogP contribution in [0.5, 0.6) is 5.75 Å². The minimum absolute atomic E-state index is 0.00734. The smallest absolute Gasteiger partial charge is 0.131 e. The topological polar surface area (TPSA) is 35.2 Å². The largest absolute Gasteiger partial charge is 0.488 e. The fraction of sp³-hybridized carbons (Fsp3) is 0.200. The molecule has 92 valence electrons. The number of benzene rings is 2. The molecule has 2 aromatic carbocycles. The van der Waals surface area contributed by atoms with Gasteiger partial charge in [0.2, 0.25) is 0 Å². The second-order valence-electron chi connectivity index (χ2n) is 4.45. The van der Waals surface area contributed by atoms with E-state index >= 15 is 0 Å². The lowest BCUT2D eigenvalue weighted by Gasteiger charge is -2.11. The highest BCUT2D eigenvalue weighted by molar-refractivity contribution is 5.73. The van der Waals surface area contributed by atoms with Crippen molar-refractivity contribution >= 4 is 0 Å². The quantitative estimate of drug-likeness (QED) is 0.880. The molecule has 18 heavy (non-hydrogen) atoms. The highest BCUT2D eigenvalue weighted by Gasteiger charge is 2.25. The molecule has 0 fully saturated rings. The fourth-order valence-corrected chi connectivity index (χ4v) is 2.36. The lowest BCUT2D eigenvalue weighted by molar-refractivity contribution is 0.242. The van der Waals surface area contributed by atoms with Gasteiger partial charge < -0.3 is 10.5 Å².